The highest BCUT2D eigenvalue weighted by Crippen LogP contribution is 2.25. The first kappa shape index (κ1) is 8.29. The number of terminal acetylenes is 1. The van der Waals surface area contributed by atoms with Crippen molar-refractivity contribution < 1.29 is 0 Å². The Hall–Kier alpha value is -0.810. The molecule has 0 aliphatic carbocycles. The first-order valence-electron chi connectivity index (χ1n) is 3.48. The van der Waals surface area contributed by atoms with Gasteiger partial charge in [0, 0.05) is 4.88 Å². The standard InChI is InChI=1S/C9H11NS/c1-5-7-6-8(11-10-7)9(2,3)4/h1,6H,2-4H3. The largest absolute Gasteiger partial charge is 0.184 e. The van der Waals surface area contributed by atoms with E-state index in [-0.39, 0.29) is 5.41 Å². The van der Waals surface area contributed by atoms with Gasteiger partial charge < -0.3 is 0 Å². The Kier molecular flexibility index (Phi) is 2.01. The Morgan fingerprint density at radius 1 is 1.55 bits per heavy atom. The minimum Gasteiger partial charge on any atom is -0.184 e. The Labute approximate surface area is 71.6 Å². The van der Waals surface area contributed by atoms with E-state index in [4.69, 9.17) is 6.42 Å². The summed E-state index contributed by atoms with van der Waals surface area (Å²) in [6, 6.07) is 1.98. The van der Waals surface area contributed by atoms with Crippen LogP contribution >= 0.6 is 11.5 Å². The molecule has 1 nitrogen and oxygen atoms in total. The summed E-state index contributed by atoms with van der Waals surface area (Å²) in [6.45, 7) is 6.46. The van der Waals surface area contributed by atoms with Gasteiger partial charge in [-0.05, 0) is 28.9 Å². The van der Waals surface area contributed by atoms with Gasteiger partial charge in [-0.25, -0.2) is 0 Å². The third-order valence-electron chi connectivity index (χ3n) is 1.40. The highest BCUT2D eigenvalue weighted by atomic mass is 32.1. The van der Waals surface area contributed by atoms with E-state index in [1.54, 1.807) is 0 Å². The van der Waals surface area contributed by atoms with Crippen molar-refractivity contribution in [3.8, 4) is 12.3 Å². The molecule has 0 amide bonds. The zero-order chi connectivity index (χ0) is 8.48. The normalized spacial score (nSPS) is 11.1. The van der Waals surface area contributed by atoms with Crippen molar-refractivity contribution in [2.45, 2.75) is 26.2 Å². The van der Waals surface area contributed by atoms with Gasteiger partial charge >= 0.3 is 0 Å². The lowest BCUT2D eigenvalue weighted by molar-refractivity contribution is 0.604. The number of hydrogen-bond donors (Lipinski definition) is 0. The third-order valence-corrected chi connectivity index (χ3v) is 2.61. The monoisotopic (exact) mass is 165 g/mol. The molecule has 58 valence electrons. The second-order valence-electron chi connectivity index (χ2n) is 3.47. The van der Waals surface area contributed by atoms with Gasteiger partial charge in [0.25, 0.3) is 0 Å². The lowest BCUT2D eigenvalue weighted by Crippen LogP contribution is -2.07. The maximum absolute atomic E-state index is 5.20. The summed E-state index contributed by atoms with van der Waals surface area (Å²) in [4.78, 5) is 1.24. The van der Waals surface area contributed by atoms with E-state index in [1.165, 1.54) is 16.4 Å². The Bertz CT molecular complexity index is 285. The summed E-state index contributed by atoms with van der Waals surface area (Å²) >= 11 is 1.49. The van der Waals surface area contributed by atoms with Gasteiger partial charge in [0.1, 0.15) is 5.69 Å². The molecule has 2 heteroatoms. The van der Waals surface area contributed by atoms with Gasteiger partial charge in [0.15, 0.2) is 0 Å². The van der Waals surface area contributed by atoms with Crippen LogP contribution in [0.3, 0.4) is 0 Å². The van der Waals surface area contributed by atoms with Gasteiger partial charge in [-0.3, -0.25) is 0 Å². The van der Waals surface area contributed by atoms with Crippen LogP contribution in [0.1, 0.15) is 31.3 Å². The molecule has 0 atom stereocenters. The van der Waals surface area contributed by atoms with Crippen LogP contribution in [0.15, 0.2) is 6.07 Å². The third kappa shape index (κ3) is 1.81. The van der Waals surface area contributed by atoms with E-state index in [9.17, 15) is 0 Å². The Morgan fingerprint density at radius 2 is 2.18 bits per heavy atom. The van der Waals surface area contributed by atoms with Crippen LogP contribution in [-0.2, 0) is 5.41 Å². The number of rotatable bonds is 0. The van der Waals surface area contributed by atoms with Crippen molar-refractivity contribution in [3.63, 3.8) is 0 Å². The summed E-state index contributed by atoms with van der Waals surface area (Å²) in [5.41, 5.74) is 0.923. The van der Waals surface area contributed by atoms with Gasteiger partial charge in [-0.1, -0.05) is 20.8 Å². The lowest BCUT2D eigenvalue weighted by atomic mass is 9.94. The van der Waals surface area contributed by atoms with E-state index in [2.05, 4.69) is 31.1 Å². The summed E-state index contributed by atoms with van der Waals surface area (Å²) in [5, 5.41) is 0. The predicted octanol–water partition coefficient (Wildman–Crippen LogP) is 2.42. The smallest absolute Gasteiger partial charge is 0.127 e. The fourth-order valence-electron chi connectivity index (χ4n) is 0.697. The van der Waals surface area contributed by atoms with E-state index < -0.39 is 0 Å². The van der Waals surface area contributed by atoms with E-state index in [0.29, 0.717) is 0 Å². The molecular formula is C9H11NS. The molecule has 0 radical (unpaired) electrons. The molecule has 1 rings (SSSR count). The molecule has 0 saturated heterocycles. The molecule has 1 aromatic heterocycles. The molecule has 0 fully saturated rings. The van der Waals surface area contributed by atoms with Crippen molar-refractivity contribution in [1.29, 1.82) is 0 Å². The SMILES string of the molecule is C#Cc1cc(C(C)(C)C)sn1. The lowest BCUT2D eigenvalue weighted by Gasteiger charge is -2.13. The Morgan fingerprint density at radius 3 is 2.45 bits per heavy atom. The van der Waals surface area contributed by atoms with E-state index >= 15 is 0 Å². The molecule has 0 bridgehead atoms. The van der Waals surface area contributed by atoms with Crippen molar-refractivity contribution in [2.75, 3.05) is 0 Å². The summed E-state index contributed by atoms with van der Waals surface area (Å²) < 4.78 is 4.11. The molecule has 1 aromatic rings. The maximum Gasteiger partial charge on any atom is 0.127 e. The quantitative estimate of drug-likeness (QED) is 0.538. The molecule has 0 aliphatic heterocycles. The first-order valence-corrected chi connectivity index (χ1v) is 4.25. The summed E-state index contributed by atoms with van der Waals surface area (Å²) in [5.74, 6) is 2.52. The van der Waals surface area contributed by atoms with E-state index in [0.717, 1.165) is 5.69 Å². The Balaban J connectivity index is 3.01. The van der Waals surface area contributed by atoms with Crippen LogP contribution in [-0.4, -0.2) is 4.37 Å². The van der Waals surface area contributed by atoms with Crippen molar-refractivity contribution in [2.24, 2.45) is 0 Å². The first-order chi connectivity index (χ1) is 5.04. The van der Waals surface area contributed by atoms with Crippen LogP contribution in [0.25, 0.3) is 0 Å². The van der Waals surface area contributed by atoms with Crippen molar-refractivity contribution in [1.82, 2.24) is 4.37 Å². The number of hydrogen-bond acceptors (Lipinski definition) is 2. The highest BCUT2D eigenvalue weighted by molar-refractivity contribution is 7.06. The molecule has 1 heterocycles. The van der Waals surface area contributed by atoms with Crippen LogP contribution in [0.5, 0.6) is 0 Å². The zero-order valence-corrected chi connectivity index (χ0v) is 7.83. The van der Waals surface area contributed by atoms with Crippen LogP contribution < -0.4 is 0 Å². The molecular weight excluding hydrogens is 154 g/mol. The molecule has 0 aromatic carbocycles. The fourth-order valence-corrected chi connectivity index (χ4v) is 1.44. The summed E-state index contributed by atoms with van der Waals surface area (Å²) in [7, 11) is 0. The fraction of sp³-hybridized carbons (Fsp3) is 0.444. The molecule has 11 heavy (non-hydrogen) atoms. The second kappa shape index (κ2) is 2.67. The molecule has 0 aliphatic rings. The minimum atomic E-state index is 0.173. The van der Waals surface area contributed by atoms with Gasteiger partial charge in [-0.2, -0.15) is 4.37 Å². The van der Waals surface area contributed by atoms with Crippen LogP contribution in [0, 0.1) is 12.3 Å². The highest BCUT2D eigenvalue weighted by Gasteiger charge is 2.16. The molecule has 0 N–H and O–H groups in total. The zero-order valence-electron chi connectivity index (χ0n) is 7.01. The number of nitrogens with zero attached hydrogens (tertiary/aromatic N) is 1. The van der Waals surface area contributed by atoms with Gasteiger partial charge in [0.2, 0.25) is 0 Å². The van der Waals surface area contributed by atoms with Gasteiger partial charge in [-0.15, -0.1) is 6.42 Å². The summed E-state index contributed by atoms with van der Waals surface area (Å²) in [6.07, 6.45) is 5.20. The van der Waals surface area contributed by atoms with Crippen molar-refractivity contribution in [3.05, 3.63) is 16.6 Å². The van der Waals surface area contributed by atoms with Crippen LogP contribution in [0.4, 0.5) is 0 Å². The maximum atomic E-state index is 5.20. The van der Waals surface area contributed by atoms with Gasteiger partial charge in [0.05, 0.1) is 0 Å². The molecule has 0 saturated carbocycles. The average molecular weight is 165 g/mol. The topological polar surface area (TPSA) is 12.9 Å². The second-order valence-corrected chi connectivity index (χ2v) is 4.28. The predicted molar refractivity (Wildman–Crippen MR) is 48.7 cm³/mol. The molecule has 0 unspecified atom stereocenters. The van der Waals surface area contributed by atoms with Crippen molar-refractivity contribution >= 4 is 11.5 Å². The van der Waals surface area contributed by atoms with Crippen LogP contribution in [0.2, 0.25) is 0 Å². The minimum absolute atomic E-state index is 0.173. The van der Waals surface area contributed by atoms with E-state index in [1.807, 2.05) is 6.07 Å². The molecule has 0 spiro atoms. The average Bonchev–Trinajstić information content (AvgIpc) is 2.32. The number of aromatic nitrogens is 1.